The summed E-state index contributed by atoms with van der Waals surface area (Å²) >= 11 is 0. The first-order chi connectivity index (χ1) is 31.5. The molecule has 0 aliphatic rings. The predicted molar refractivity (Wildman–Crippen MR) is 270 cm³/mol. The molecule has 0 aliphatic heterocycles. The molecule has 0 fully saturated rings. The van der Waals surface area contributed by atoms with Gasteiger partial charge in [-0.2, -0.15) is 9.13 Å². The van der Waals surface area contributed by atoms with Gasteiger partial charge in [0.1, 0.15) is 28.7 Å². The molecule has 0 N–H and O–H groups in total. The Balaban J connectivity index is 1.11. The molecule has 322 valence electrons. The van der Waals surface area contributed by atoms with E-state index in [1.165, 1.54) is 44.1 Å². The lowest BCUT2D eigenvalue weighted by atomic mass is 9.88. The average molecular weight is 850 g/mol. The van der Waals surface area contributed by atoms with Gasteiger partial charge < -0.3 is 4.74 Å². The Morgan fingerprint density at radius 1 is 0.585 bits per heavy atom. The minimum atomic E-state index is -0.0250. The number of pyridine rings is 1. The van der Waals surface area contributed by atoms with Crippen molar-refractivity contribution in [2.75, 3.05) is 0 Å². The van der Waals surface area contributed by atoms with Gasteiger partial charge in [-0.25, -0.2) is 4.98 Å². The summed E-state index contributed by atoms with van der Waals surface area (Å²) < 4.78 is 13.9. The normalized spacial score (nSPS) is 12.0. The third-order valence-electron chi connectivity index (χ3n) is 12.6. The van der Waals surface area contributed by atoms with Crippen LogP contribution in [0, 0.1) is 11.8 Å². The summed E-state index contributed by atoms with van der Waals surface area (Å²) in [6.07, 6.45) is 6.24. The highest BCUT2D eigenvalue weighted by atomic mass is 16.5. The number of benzene rings is 7. The number of aromatic nitrogens is 4. The number of imidazole rings is 1. The number of hydrogen-bond donors (Lipinski definition) is 0. The topological polar surface area (TPSA) is 35.9 Å². The summed E-state index contributed by atoms with van der Waals surface area (Å²) in [6, 6.07) is 60.8. The maximum Gasteiger partial charge on any atom is 0.255 e. The van der Waals surface area contributed by atoms with E-state index in [9.17, 15) is 0 Å². The lowest BCUT2D eigenvalue weighted by Gasteiger charge is -2.20. The Hall–Kier alpha value is -7.24. The highest BCUT2D eigenvalue weighted by Crippen LogP contribution is 2.40. The van der Waals surface area contributed by atoms with Crippen LogP contribution in [0.15, 0.2) is 182 Å². The van der Waals surface area contributed by atoms with Crippen LogP contribution in [-0.4, -0.2) is 14.1 Å². The van der Waals surface area contributed by atoms with Gasteiger partial charge in [0, 0.05) is 40.2 Å². The number of fused-ring (bicyclic) bond motifs is 4. The Morgan fingerprint density at radius 2 is 1.25 bits per heavy atom. The Bertz CT molecular complexity index is 3270. The largest absolute Gasteiger partial charge is 0.457 e. The summed E-state index contributed by atoms with van der Waals surface area (Å²) in [5.74, 6) is 3.52. The zero-order valence-electron chi connectivity index (χ0n) is 38.6. The smallest absolute Gasteiger partial charge is 0.255 e. The number of hydrogen-bond acceptors (Lipinski definition) is 2. The van der Waals surface area contributed by atoms with Crippen LogP contribution in [0.3, 0.4) is 0 Å². The lowest BCUT2D eigenvalue weighted by molar-refractivity contribution is -0.566. The summed E-state index contributed by atoms with van der Waals surface area (Å²) in [5, 5.41) is 2.54. The van der Waals surface area contributed by atoms with Crippen molar-refractivity contribution in [1.82, 2.24) is 14.1 Å². The van der Waals surface area contributed by atoms with Crippen LogP contribution in [0.4, 0.5) is 0 Å². The lowest BCUT2D eigenvalue weighted by Crippen LogP contribution is -2.30. The van der Waals surface area contributed by atoms with E-state index in [0.29, 0.717) is 11.8 Å². The van der Waals surface area contributed by atoms with Crippen molar-refractivity contribution in [3.8, 4) is 50.9 Å². The fraction of sp³-hybridized carbons (Fsp3) is 0.200. The van der Waals surface area contributed by atoms with Crippen molar-refractivity contribution in [1.29, 1.82) is 0 Å². The maximum absolute atomic E-state index is 6.89. The summed E-state index contributed by atoms with van der Waals surface area (Å²) in [7, 11) is 0. The van der Waals surface area contributed by atoms with Crippen molar-refractivity contribution in [3.63, 3.8) is 0 Å². The van der Waals surface area contributed by atoms with E-state index >= 15 is 0 Å². The average Bonchev–Trinajstić information content (AvgIpc) is 3.86. The van der Waals surface area contributed by atoms with Crippen molar-refractivity contribution in [2.45, 2.75) is 66.7 Å². The van der Waals surface area contributed by atoms with E-state index in [0.717, 1.165) is 69.2 Å². The van der Waals surface area contributed by atoms with Crippen LogP contribution in [0.2, 0.25) is 0 Å². The third-order valence-corrected chi connectivity index (χ3v) is 12.6. The van der Waals surface area contributed by atoms with Crippen LogP contribution >= 0.6 is 0 Å². The minimum Gasteiger partial charge on any atom is -0.457 e. The first kappa shape index (κ1) is 41.8. The second-order valence-electron chi connectivity index (χ2n) is 19.3. The molecule has 0 atom stereocenters. The summed E-state index contributed by atoms with van der Waals surface area (Å²) in [4.78, 5) is 5.03. The molecule has 0 bridgehead atoms. The van der Waals surface area contributed by atoms with Gasteiger partial charge in [-0.3, -0.25) is 4.57 Å². The van der Waals surface area contributed by atoms with Crippen LogP contribution in [0.1, 0.15) is 65.2 Å². The zero-order valence-corrected chi connectivity index (χ0v) is 38.6. The van der Waals surface area contributed by atoms with Gasteiger partial charge in [0.2, 0.25) is 0 Å². The zero-order chi connectivity index (χ0) is 44.8. The van der Waals surface area contributed by atoms with Crippen LogP contribution < -0.4 is 9.30 Å². The number of ether oxygens (including phenoxy) is 1. The van der Waals surface area contributed by atoms with Crippen molar-refractivity contribution >= 4 is 32.8 Å². The van der Waals surface area contributed by atoms with E-state index in [4.69, 9.17) is 9.72 Å². The van der Waals surface area contributed by atoms with Crippen molar-refractivity contribution < 1.29 is 9.30 Å². The molecule has 10 rings (SSSR count). The Labute approximate surface area is 383 Å². The first-order valence-electron chi connectivity index (χ1n) is 23.1. The molecular weight excluding hydrogens is 793 g/mol. The highest BCUT2D eigenvalue weighted by Gasteiger charge is 2.26. The molecule has 65 heavy (non-hydrogen) atoms. The summed E-state index contributed by atoms with van der Waals surface area (Å²) in [5.41, 5.74) is 15.4. The first-order valence-corrected chi connectivity index (χ1v) is 23.1. The fourth-order valence-electron chi connectivity index (χ4n) is 9.63. The van der Waals surface area contributed by atoms with E-state index in [1.807, 2.05) is 6.20 Å². The molecule has 0 aliphatic carbocycles. The van der Waals surface area contributed by atoms with E-state index in [1.54, 1.807) is 0 Å². The van der Waals surface area contributed by atoms with Gasteiger partial charge in [0.25, 0.3) is 6.33 Å². The van der Waals surface area contributed by atoms with Gasteiger partial charge in [-0.15, -0.1) is 0 Å². The van der Waals surface area contributed by atoms with E-state index in [2.05, 4.69) is 238 Å². The van der Waals surface area contributed by atoms with Crippen LogP contribution in [0.5, 0.6) is 11.5 Å². The molecule has 7 aromatic carbocycles. The predicted octanol–water partition coefficient (Wildman–Crippen LogP) is 15.2. The molecular formula is C60H57N4O+. The fourth-order valence-corrected chi connectivity index (χ4v) is 9.63. The SMILES string of the molecule is CC(C)Cc1ccc2c(c1CC(C)C)c1ccc(Oc3cccc(-n4c[n+](-c5c(-c6ccccc6)cccc5-c5ccccc5)c5ccccc54)c3)cc1n2-c1cc(C(C)(C)C)ccn1. The second kappa shape index (κ2) is 17.0. The molecule has 3 aromatic heterocycles. The molecule has 3 heterocycles. The standard InChI is InChI=1S/C60H57N4O/c1-40(2)34-44-28-31-55-58(52(44)35-41(3)4)51-30-29-48(38-56(51)64(55)57-36-45(32-33-61-57)60(5,6)7)65-47-23-16-22-46(37-47)62-39-63(54-27-15-14-26-53(54)62)59-49(42-18-10-8-11-19-42)24-17-25-50(59)43-20-12-9-13-21-43/h8-33,36-41H,34-35H2,1-7H3/q+1. The van der Waals surface area contributed by atoms with Gasteiger partial charge in [0.05, 0.1) is 11.0 Å². The van der Waals surface area contributed by atoms with Gasteiger partial charge in [-0.05, 0) is 113 Å². The molecule has 5 nitrogen and oxygen atoms in total. The number of para-hydroxylation sites is 3. The highest BCUT2D eigenvalue weighted by molar-refractivity contribution is 6.11. The Kier molecular flexibility index (Phi) is 10.9. The van der Waals surface area contributed by atoms with Crippen LogP contribution in [-0.2, 0) is 18.3 Å². The third kappa shape index (κ3) is 8.01. The monoisotopic (exact) mass is 849 g/mol. The molecule has 5 heteroatoms. The number of rotatable bonds is 11. The van der Waals surface area contributed by atoms with Crippen molar-refractivity contribution in [2.24, 2.45) is 11.8 Å². The van der Waals surface area contributed by atoms with E-state index < -0.39 is 0 Å². The van der Waals surface area contributed by atoms with Crippen molar-refractivity contribution in [3.05, 3.63) is 199 Å². The molecule has 0 radical (unpaired) electrons. The maximum atomic E-state index is 6.89. The van der Waals surface area contributed by atoms with E-state index in [-0.39, 0.29) is 5.41 Å². The minimum absolute atomic E-state index is 0.0250. The Morgan fingerprint density at radius 3 is 1.94 bits per heavy atom. The summed E-state index contributed by atoms with van der Waals surface area (Å²) in [6.45, 7) is 16.1. The molecule has 0 amide bonds. The molecule has 0 spiro atoms. The number of nitrogens with zero attached hydrogens (tertiary/aromatic N) is 4. The second-order valence-corrected chi connectivity index (χ2v) is 19.3. The van der Waals surface area contributed by atoms with Gasteiger partial charge in [-0.1, -0.05) is 152 Å². The van der Waals surface area contributed by atoms with Crippen LogP contribution in [0.25, 0.3) is 72.3 Å². The molecule has 0 saturated carbocycles. The molecule has 10 aromatic rings. The molecule has 0 saturated heterocycles. The molecule has 0 unspecified atom stereocenters. The van der Waals surface area contributed by atoms with Gasteiger partial charge in [0.15, 0.2) is 11.0 Å². The van der Waals surface area contributed by atoms with Gasteiger partial charge >= 0.3 is 0 Å². The quantitative estimate of drug-likeness (QED) is 0.122.